The zero-order valence-electron chi connectivity index (χ0n) is 13.1. The van der Waals surface area contributed by atoms with Crippen LogP contribution in [0.4, 0.5) is 0 Å². The lowest BCUT2D eigenvalue weighted by Gasteiger charge is -2.33. The molecule has 0 radical (unpaired) electrons. The van der Waals surface area contributed by atoms with E-state index in [0.29, 0.717) is 17.9 Å². The number of hydrogen-bond acceptors (Lipinski definition) is 5. The highest BCUT2D eigenvalue weighted by Crippen LogP contribution is 2.18. The number of likely N-dealkylation sites (N-methyl/N-ethyl adjacent to an activating group) is 1. The Balaban J connectivity index is 2.26. The van der Waals surface area contributed by atoms with E-state index in [9.17, 15) is 14.7 Å². The third-order valence-corrected chi connectivity index (χ3v) is 4.12. The number of piperazine rings is 1. The lowest BCUT2D eigenvalue weighted by Crippen LogP contribution is -2.44. The molecule has 1 aliphatic heterocycles. The molecule has 1 aromatic rings. The summed E-state index contributed by atoms with van der Waals surface area (Å²) in [6.07, 6.45) is -0.0428. The average Bonchev–Trinajstić information content (AvgIpc) is 2.46. The van der Waals surface area contributed by atoms with Crippen LogP contribution in [0.5, 0.6) is 5.75 Å². The molecule has 0 aromatic carbocycles. The second-order valence-electron chi connectivity index (χ2n) is 5.82. The van der Waals surface area contributed by atoms with E-state index in [1.807, 2.05) is 0 Å². The van der Waals surface area contributed by atoms with Crippen LogP contribution in [-0.4, -0.2) is 63.8 Å². The molecule has 7 heteroatoms. The number of nitrogens with zero attached hydrogens (tertiary/aromatic N) is 3. The van der Waals surface area contributed by atoms with Crippen LogP contribution in [0, 0.1) is 6.92 Å². The third-order valence-electron chi connectivity index (χ3n) is 4.12. The summed E-state index contributed by atoms with van der Waals surface area (Å²) in [4.78, 5) is 27.1. The van der Waals surface area contributed by atoms with Gasteiger partial charge in [-0.15, -0.1) is 0 Å². The summed E-state index contributed by atoms with van der Waals surface area (Å²) in [7, 11) is 2.06. The normalized spacial score (nSPS) is 16.8. The van der Waals surface area contributed by atoms with Gasteiger partial charge in [0, 0.05) is 51.0 Å². The fourth-order valence-corrected chi connectivity index (χ4v) is 2.72. The number of aromatic hydroxyl groups is 1. The first-order valence-corrected chi connectivity index (χ1v) is 7.43. The SMILES string of the molecule is Cc1cc(=O)c(O)c(CN2CCN(C)CC2)n1CCC(=O)O. The minimum atomic E-state index is -0.900. The number of carboxylic acids is 1. The van der Waals surface area contributed by atoms with Gasteiger partial charge in [0.15, 0.2) is 5.75 Å². The summed E-state index contributed by atoms with van der Waals surface area (Å²) in [6, 6.07) is 1.35. The van der Waals surface area contributed by atoms with Crippen molar-refractivity contribution in [1.82, 2.24) is 14.4 Å². The monoisotopic (exact) mass is 309 g/mol. The molecule has 0 amide bonds. The van der Waals surface area contributed by atoms with E-state index >= 15 is 0 Å². The zero-order valence-corrected chi connectivity index (χ0v) is 13.1. The van der Waals surface area contributed by atoms with Crippen molar-refractivity contribution in [3.05, 3.63) is 27.7 Å². The Labute approximate surface area is 129 Å². The van der Waals surface area contributed by atoms with Crippen molar-refractivity contribution < 1.29 is 15.0 Å². The fraction of sp³-hybridized carbons (Fsp3) is 0.600. The molecule has 1 aliphatic rings. The summed E-state index contributed by atoms with van der Waals surface area (Å²) >= 11 is 0. The number of hydrogen-bond donors (Lipinski definition) is 2. The Kier molecular flexibility index (Phi) is 5.20. The number of pyridine rings is 1. The molecule has 22 heavy (non-hydrogen) atoms. The summed E-state index contributed by atoms with van der Waals surface area (Å²) in [6.45, 7) is 6.05. The van der Waals surface area contributed by atoms with Crippen molar-refractivity contribution in [2.45, 2.75) is 26.4 Å². The van der Waals surface area contributed by atoms with Gasteiger partial charge in [-0.1, -0.05) is 0 Å². The number of aryl methyl sites for hydroxylation is 1. The number of carbonyl (C=O) groups is 1. The van der Waals surface area contributed by atoms with Gasteiger partial charge in [-0.2, -0.15) is 0 Å². The van der Waals surface area contributed by atoms with E-state index in [1.165, 1.54) is 6.07 Å². The first-order chi connectivity index (χ1) is 10.4. The Bertz CT molecular complexity index is 604. The van der Waals surface area contributed by atoms with Gasteiger partial charge in [0.2, 0.25) is 5.43 Å². The number of carboxylic acid groups (broad SMARTS) is 1. The van der Waals surface area contributed by atoms with E-state index in [2.05, 4.69) is 16.8 Å². The predicted molar refractivity (Wildman–Crippen MR) is 82.1 cm³/mol. The minimum Gasteiger partial charge on any atom is -0.503 e. The first kappa shape index (κ1) is 16.5. The summed E-state index contributed by atoms with van der Waals surface area (Å²) in [5, 5.41) is 19.0. The van der Waals surface area contributed by atoms with Gasteiger partial charge in [0.25, 0.3) is 0 Å². The molecule has 0 atom stereocenters. The molecule has 2 N–H and O–H groups in total. The second-order valence-corrected chi connectivity index (χ2v) is 5.82. The lowest BCUT2D eigenvalue weighted by atomic mass is 10.2. The fourth-order valence-electron chi connectivity index (χ4n) is 2.72. The van der Waals surface area contributed by atoms with Gasteiger partial charge in [-0.05, 0) is 14.0 Å². The van der Waals surface area contributed by atoms with Crippen molar-refractivity contribution in [2.24, 2.45) is 0 Å². The maximum atomic E-state index is 11.8. The van der Waals surface area contributed by atoms with Gasteiger partial charge in [0.1, 0.15) is 0 Å². The van der Waals surface area contributed by atoms with Crippen LogP contribution in [0.15, 0.2) is 10.9 Å². The molecule has 2 rings (SSSR count). The summed E-state index contributed by atoms with van der Waals surface area (Å²) in [5.41, 5.74) is 0.775. The van der Waals surface area contributed by atoms with Crippen LogP contribution in [0.3, 0.4) is 0 Å². The maximum absolute atomic E-state index is 11.8. The molecule has 0 bridgehead atoms. The Morgan fingerprint density at radius 2 is 1.91 bits per heavy atom. The van der Waals surface area contributed by atoms with Gasteiger partial charge in [-0.3, -0.25) is 14.5 Å². The lowest BCUT2D eigenvalue weighted by molar-refractivity contribution is -0.137. The van der Waals surface area contributed by atoms with Gasteiger partial charge in [0.05, 0.1) is 12.1 Å². The zero-order chi connectivity index (χ0) is 16.3. The minimum absolute atomic E-state index is 0.0428. The van der Waals surface area contributed by atoms with E-state index in [1.54, 1.807) is 11.5 Å². The molecule has 0 saturated carbocycles. The summed E-state index contributed by atoms with van der Waals surface area (Å²) < 4.78 is 1.74. The highest BCUT2D eigenvalue weighted by molar-refractivity contribution is 5.66. The number of aliphatic carboxylic acids is 1. The van der Waals surface area contributed by atoms with Crippen LogP contribution >= 0.6 is 0 Å². The molecule has 0 unspecified atom stereocenters. The highest BCUT2D eigenvalue weighted by atomic mass is 16.4. The number of aromatic nitrogens is 1. The van der Waals surface area contributed by atoms with Crippen molar-refractivity contribution in [2.75, 3.05) is 33.2 Å². The van der Waals surface area contributed by atoms with Gasteiger partial charge >= 0.3 is 5.97 Å². The van der Waals surface area contributed by atoms with Gasteiger partial charge in [-0.25, -0.2) is 0 Å². The van der Waals surface area contributed by atoms with Crippen molar-refractivity contribution in [1.29, 1.82) is 0 Å². The van der Waals surface area contributed by atoms with Crippen LogP contribution in [-0.2, 0) is 17.9 Å². The predicted octanol–water partition coefficient (Wildman–Crippen LogP) is 0.0844. The molecule has 1 saturated heterocycles. The summed E-state index contributed by atoms with van der Waals surface area (Å²) in [5.74, 6) is -1.17. The van der Waals surface area contributed by atoms with Crippen molar-refractivity contribution in [3.63, 3.8) is 0 Å². The van der Waals surface area contributed by atoms with Gasteiger partial charge < -0.3 is 19.7 Å². The Morgan fingerprint density at radius 3 is 2.50 bits per heavy atom. The molecular weight excluding hydrogens is 286 g/mol. The van der Waals surface area contributed by atoms with E-state index in [-0.39, 0.29) is 18.7 Å². The Morgan fingerprint density at radius 1 is 1.27 bits per heavy atom. The maximum Gasteiger partial charge on any atom is 0.305 e. The first-order valence-electron chi connectivity index (χ1n) is 7.43. The van der Waals surface area contributed by atoms with E-state index in [4.69, 9.17) is 5.11 Å². The number of rotatable bonds is 5. The molecule has 1 aromatic heterocycles. The second kappa shape index (κ2) is 6.93. The highest BCUT2D eigenvalue weighted by Gasteiger charge is 2.19. The smallest absolute Gasteiger partial charge is 0.305 e. The molecule has 122 valence electrons. The molecule has 0 spiro atoms. The quantitative estimate of drug-likeness (QED) is 0.801. The topological polar surface area (TPSA) is 86.0 Å². The molecule has 0 aliphatic carbocycles. The Hall–Kier alpha value is -1.86. The molecular formula is C15H23N3O4. The molecule has 1 fully saturated rings. The molecule has 2 heterocycles. The van der Waals surface area contributed by atoms with Crippen molar-refractivity contribution >= 4 is 5.97 Å². The van der Waals surface area contributed by atoms with Crippen LogP contribution in [0.1, 0.15) is 17.8 Å². The van der Waals surface area contributed by atoms with E-state index < -0.39 is 11.4 Å². The van der Waals surface area contributed by atoms with Crippen LogP contribution < -0.4 is 5.43 Å². The standard InChI is InChI=1S/C15H23N3O4/c1-11-9-13(19)15(22)12(18(11)4-3-14(20)21)10-17-7-5-16(2)6-8-17/h9,22H,3-8,10H2,1-2H3,(H,20,21). The van der Waals surface area contributed by atoms with Crippen LogP contribution in [0.25, 0.3) is 0 Å². The van der Waals surface area contributed by atoms with Crippen LogP contribution in [0.2, 0.25) is 0 Å². The third kappa shape index (κ3) is 3.86. The van der Waals surface area contributed by atoms with Crippen molar-refractivity contribution in [3.8, 4) is 5.75 Å². The average molecular weight is 309 g/mol. The largest absolute Gasteiger partial charge is 0.503 e. The van der Waals surface area contributed by atoms with E-state index in [0.717, 1.165) is 26.2 Å². The molecule has 7 nitrogen and oxygen atoms in total.